The van der Waals surface area contributed by atoms with Crippen LogP contribution in [0.15, 0.2) is 29.4 Å². The zero-order valence-electron chi connectivity index (χ0n) is 18.5. The zero-order valence-corrected chi connectivity index (χ0v) is 19.3. The van der Waals surface area contributed by atoms with Gasteiger partial charge in [-0.05, 0) is 57.1 Å². The van der Waals surface area contributed by atoms with Gasteiger partial charge >= 0.3 is 0 Å². The molecule has 1 saturated heterocycles. The lowest BCUT2D eigenvalue weighted by molar-refractivity contribution is -0.116. The predicted molar refractivity (Wildman–Crippen MR) is 126 cm³/mol. The van der Waals surface area contributed by atoms with Gasteiger partial charge in [0, 0.05) is 30.9 Å². The molecule has 0 radical (unpaired) electrons. The van der Waals surface area contributed by atoms with Crippen LogP contribution < -0.4 is 10.2 Å². The summed E-state index contributed by atoms with van der Waals surface area (Å²) in [5.41, 5.74) is 4.98. The van der Waals surface area contributed by atoms with Crippen molar-refractivity contribution in [2.75, 3.05) is 29.6 Å². The molecule has 1 fully saturated rings. The van der Waals surface area contributed by atoms with Gasteiger partial charge in [-0.3, -0.25) is 4.79 Å². The fourth-order valence-electron chi connectivity index (χ4n) is 4.26. The van der Waals surface area contributed by atoms with E-state index in [1.807, 2.05) is 38.3 Å². The average Bonchev–Trinajstić information content (AvgIpc) is 2.99. The zero-order chi connectivity index (χ0) is 21.8. The van der Waals surface area contributed by atoms with E-state index in [1.165, 1.54) is 37.4 Å². The minimum Gasteiger partial charge on any atom is -0.370 e. The molecule has 0 spiro atoms. The van der Waals surface area contributed by atoms with E-state index in [9.17, 15) is 4.79 Å². The first-order chi connectivity index (χ1) is 15.1. The number of benzene rings is 1. The van der Waals surface area contributed by atoms with Crippen LogP contribution in [0.1, 0.15) is 49.1 Å². The molecule has 0 atom stereocenters. The lowest BCUT2D eigenvalue weighted by Crippen LogP contribution is -2.25. The number of anilines is 2. The highest BCUT2D eigenvalue weighted by Gasteiger charge is 2.17. The number of para-hydroxylation sites is 2. The van der Waals surface area contributed by atoms with E-state index in [-0.39, 0.29) is 5.91 Å². The van der Waals surface area contributed by atoms with Gasteiger partial charge in [-0.2, -0.15) is 4.98 Å². The Balaban J connectivity index is 1.47. The number of carbonyl (C=O) groups is 1. The maximum Gasteiger partial charge on any atom is 0.253 e. The van der Waals surface area contributed by atoms with Gasteiger partial charge in [0.2, 0.25) is 11.1 Å². The van der Waals surface area contributed by atoms with Crippen LogP contribution in [-0.2, 0) is 11.2 Å². The molecule has 7 nitrogen and oxygen atoms in total. The molecule has 1 N–H and O–H groups in total. The largest absolute Gasteiger partial charge is 0.370 e. The Kier molecular flexibility index (Phi) is 6.75. The van der Waals surface area contributed by atoms with Gasteiger partial charge in [0.05, 0.1) is 11.4 Å². The van der Waals surface area contributed by atoms with Crippen molar-refractivity contribution in [2.45, 2.75) is 57.5 Å². The first-order valence-electron chi connectivity index (χ1n) is 11.0. The summed E-state index contributed by atoms with van der Waals surface area (Å²) in [5, 5.41) is 8.35. The molecular weight excluding hydrogens is 408 g/mol. The summed E-state index contributed by atoms with van der Waals surface area (Å²) in [6.07, 6.45) is 7.94. The number of amides is 1. The van der Waals surface area contributed by atoms with Gasteiger partial charge in [-0.15, -0.1) is 5.10 Å². The Bertz CT molecular complexity index is 1070. The number of hydrogen-bond acceptors (Lipinski definition) is 6. The third-order valence-corrected chi connectivity index (χ3v) is 6.48. The Labute approximate surface area is 187 Å². The highest BCUT2D eigenvalue weighted by molar-refractivity contribution is 7.98. The van der Waals surface area contributed by atoms with E-state index in [4.69, 9.17) is 0 Å². The van der Waals surface area contributed by atoms with Gasteiger partial charge in [-0.25, -0.2) is 9.50 Å². The molecule has 2 aromatic heterocycles. The minimum absolute atomic E-state index is 0.0181. The van der Waals surface area contributed by atoms with Crippen molar-refractivity contribution in [2.24, 2.45) is 0 Å². The van der Waals surface area contributed by atoms with Crippen molar-refractivity contribution in [1.29, 1.82) is 0 Å². The molecule has 8 heteroatoms. The van der Waals surface area contributed by atoms with E-state index in [2.05, 4.69) is 31.3 Å². The van der Waals surface area contributed by atoms with Crippen LogP contribution in [0, 0.1) is 13.8 Å². The molecule has 1 aliphatic heterocycles. The number of hydrogen-bond donors (Lipinski definition) is 1. The van der Waals surface area contributed by atoms with Crippen LogP contribution in [0.4, 0.5) is 11.4 Å². The van der Waals surface area contributed by atoms with Crippen LogP contribution in [0.5, 0.6) is 0 Å². The average molecular weight is 439 g/mol. The van der Waals surface area contributed by atoms with Crippen LogP contribution in [0.2, 0.25) is 0 Å². The van der Waals surface area contributed by atoms with Gasteiger partial charge in [-0.1, -0.05) is 36.7 Å². The molecular formula is C23H30N6OS. The lowest BCUT2D eigenvalue weighted by Gasteiger charge is -2.25. The fraction of sp³-hybridized carbons (Fsp3) is 0.478. The number of nitrogens with one attached hydrogen (secondary N) is 1. The molecule has 0 aliphatic carbocycles. The lowest BCUT2D eigenvalue weighted by atomic mass is 10.1. The number of fused-ring (bicyclic) bond motifs is 1. The number of carbonyl (C=O) groups excluding carboxylic acids is 1. The second kappa shape index (κ2) is 9.68. The second-order valence-electron chi connectivity index (χ2n) is 8.04. The summed E-state index contributed by atoms with van der Waals surface area (Å²) in [6, 6.07) is 8.14. The van der Waals surface area contributed by atoms with Crippen molar-refractivity contribution in [3.05, 3.63) is 41.2 Å². The Morgan fingerprint density at radius 3 is 2.58 bits per heavy atom. The predicted octanol–water partition coefficient (Wildman–Crippen LogP) is 4.41. The van der Waals surface area contributed by atoms with Crippen LogP contribution in [0.3, 0.4) is 0 Å². The number of nitrogens with zero attached hydrogens (tertiary/aromatic N) is 5. The number of thioether (sulfide) groups is 1. The highest BCUT2D eigenvalue weighted by Crippen LogP contribution is 2.28. The van der Waals surface area contributed by atoms with Gasteiger partial charge in [0.25, 0.3) is 5.78 Å². The van der Waals surface area contributed by atoms with E-state index in [0.29, 0.717) is 23.8 Å². The first kappa shape index (κ1) is 21.6. The Hall–Kier alpha value is -2.61. The topological polar surface area (TPSA) is 75.4 Å². The van der Waals surface area contributed by atoms with Crippen molar-refractivity contribution in [3.8, 4) is 0 Å². The Morgan fingerprint density at radius 2 is 1.84 bits per heavy atom. The van der Waals surface area contributed by atoms with Gasteiger partial charge in [0.15, 0.2) is 0 Å². The van der Waals surface area contributed by atoms with E-state index < -0.39 is 0 Å². The third kappa shape index (κ3) is 4.84. The smallest absolute Gasteiger partial charge is 0.253 e. The number of aromatic nitrogens is 4. The van der Waals surface area contributed by atoms with E-state index in [0.717, 1.165) is 41.4 Å². The van der Waals surface area contributed by atoms with Crippen molar-refractivity contribution < 1.29 is 4.79 Å². The molecule has 0 bridgehead atoms. The normalized spacial score (nSPS) is 14.6. The summed E-state index contributed by atoms with van der Waals surface area (Å²) in [5.74, 6) is 0.628. The molecule has 31 heavy (non-hydrogen) atoms. The van der Waals surface area contributed by atoms with Gasteiger partial charge in [0.1, 0.15) is 0 Å². The minimum atomic E-state index is 0.0181. The number of rotatable bonds is 6. The third-order valence-electron chi connectivity index (χ3n) is 5.94. The quantitative estimate of drug-likeness (QED) is 0.575. The maximum absolute atomic E-state index is 12.8. The summed E-state index contributed by atoms with van der Waals surface area (Å²) in [6.45, 7) is 6.09. The van der Waals surface area contributed by atoms with Gasteiger partial charge < -0.3 is 10.2 Å². The summed E-state index contributed by atoms with van der Waals surface area (Å²) in [7, 11) is 0. The molecule has 0 saturated carbocycles. The standard InChI is InChI=1S/C23H30N6OS/c1-16-18(17(2)29-22(24-16)26-23(27-29)31-3)12-13-21(30)25-19-10-6-7-11-20(19)28-14-8-4-5-9-15-28/h6-7,10-11H,4-5,8-9,12-15H2,1-3H3,(H,25,30). The molecule has 0 unspecified atom stereocenters. The number of aryl methyl sites for hydroxylation is 2. The van der Waals surface area contributed by atoms with E-state index in [1.54, 1.807) is 4.52 Å². The van der Waals surface area contributed by atoms with E-state index >= 15 is 0 Å². The highest BCUT2D eigenvalue weighted by atomic mass is 32.2. The molecule has 3 heterocycles. The molecule has 164 valence electrons. The van der Waals surface area contributed by atoms with Crippen LogP contribution in [0.25, 0.3) is 5.78 Å². The maximum atomic E-state index is 12.8. The Morgan fingerprint density at radius 1 is 1.10 bits per heavy atom. The van der Waals surface area contributed by atoms with Crippen molar-refractivity contribution in [3.63, 3.8) is 0 Å². The molecule has 1 amide bonds. The molecule has 4 rings (SSSR count). The monoisotopic (exact) mass is 438 g/mol. The molecule has 1 aliphatic rings. The second-order valence-corrected chi connectivity index (χ2v) is 8.81. The SMILES string of the molecule is CSc1nc2nc(C)c(CCC(=O)Nc3ccccc3N3CCCCCC3)c(C)n2n1. The fourth-order valence-corrected chi connectivity index (χ4v) is 4.59. The summed E-state index contributed by atoms with van der Waals surface area (Å²) in [4.78, 5) is 24.3. The van der Waals surface area contributed by atoms with Crippen molar-refractivity contribution >= 4 is 34.8 Å². The molecule has 1 aromatic carbocycles. The first-order valence-corrected chi connectivity index (χ1v) is 12.2. The summed E-state index contributed by atoms with van der Waals surface area (Å²) < 4.78 is 1.78. The van der Waals surface area contributed by atoms with Crippen molar-refractivity contribution in [1.82, 2.24) is 19.6 Å². The van der Waals surface area contributed by atoms with Crippen LogP contribution >= 0.6 is 11.8 Å². The summed E-state index contributed by atoms with van der Waals surface area (Å²) >= 11 is 1.50. The van der Waals surface area contributed by atoms with Crippen LogP contribution in [-0.4, -0.2) is 44.8 Å². The molecule has 3 aromatic rings.